The topological polar surface area (TPSA) is 95.5 Å². The standard InChI is InChI=1S/C14H20N4O3/c1-9-14(20)12(11(8-19)6-15-9)7-18(3)5-4-13-16-10(2)21-17-13/h6,19-20H,4-5,7-8H2,1-3H3. The van der Waals surface area contributed by atoms with E-state index >= 15 is 0 Å². The van der Waals surface area contributed by atoms with Gasteiger partial charge < -0.3 is 19.6 Å². The fourth-order valence-corrected chi connectivity index (χ4v) is 2.08. The molecule has 2 heterocycles. The fourth-order valence-electron chi connectivity index (χ4n) is 2.08. The zero-order valence-electron chi connectivity index (χ0n) is 12.5. The number of aromatic nitrogens is 3. The third-order valence-corrected chi connectivity index (χ3v) is 3.32. The van der Waals surface area contributed by atoms with Crippen molar-refractivity contribution in [1.82, 2.24) is 20.0 Å². The van der Waals surface area contributed by atoms with Gasteiger partial charge in [-0.05, 0) is 14.0 Å². The highest BCUT2D eigenvalue weighted by Crippen LogP contribution is 2.25. The third kappa shape index (κ3) is 3.77. The first-order valence-electron chi connectivity index (χ1n) is 6.76. The van der Waals surface area contributed by atoms with Crippen molar-refractivity contribution >= 4 is 0 Å². The second-order valence-corrected chi connectivity index (χ2v) is 5.07. The van der Waals surface area contributed by atoms with Gasteiger partial charge in [0, 0.05) is 43.8 Å². The summed E-state index contributed by atoms with van der Waals surface area (Å²) in [7, 11) is 1.93. The van der Waals surface area contributed by atoms with Gasteiger partial charge in [0.2, 0.25) is 5.89 Å². The number of aliphatic hydroxyl groups is 1. The first-order chi connectivity index (χ1) is 10.0. The molecule has 0 amide bonds. The molecule has 2 rings (SSSR count). The number of likely N-dealkylation sites (N-methyl/N-ethyl adjacent to an activating group) is 1. The van der Waals surface area contributed by atoms with Crippen LogP contribution in [0.25, 0.3) is 0 Å². The minimum Gasteiger partial charge on any atom is -0.506 e. The molecule has 0 spiro atoms. The minimum atomic E-state index is -0.145. The quantitative estimate of drug-likeness (QED) is 0.818. The van der Waals surface area contributed by atoms with E-state index in [-0.39, 0.29) is 12.4 Å². The highest BCUT2D eigenvalue weighted by molar-refractivity contribution is 5.40. The third-order valence-electron chi connectivity index (χ3n) is 3.32. The lowest BCUT2D eigenvalue weighted by Gasteiger charge is -2.19. The zero-order valence-corrected chi connectivity index (χ0v) is 12.5. The van der Waals surface area contributed by atoms with Crippen LogP contribution in [0.3, 0.4) is 0 Å². The van der Waals surface area contributed by atoms with Gasteiger partial charge >= 0.3 is 0 Å². The van der Waals surface area contributed by atoms with Crippen LogP contribution in [0.2, 0.25) is 0 Å². The molecule has 0 saturated carbocycles. The average Bonchev–Trinajstić information content (AvgIpc) is 2.88. The highest BCUT2D eigenvalue weighted by atomic mass is 16.5. The predicted molar refractivity (Wildman–Crippen MR) is 75.6 cm³/mol. The molecule has 0 aliphatic carbocycles. The van der Waals surface area contributed by atoms with Crippen molar-refractivity contribution in [2.24, 2.45) is 0 Å². The van der Waals surface area contributed by atoms with Crippen molar-refractivity contribution < 1.29 is 14.7 Å². The molecule has 2 aromatic rings. The van der Waals surface area contributed by atoms with E-state index < -0.39 is 0 Å². The van der Waals surface area contributed by atoms with E-state index in [2.05, 4.69) is 15.1 Å². The number of hydrogen-bond acceptors (Lipinski definition) is 7. The second kappa shape index (κ2) is 6.64. The largest absolute Gasteiger partial charge is 0.506 e. The molecule has 21 heavy (non-hydrogen) atoms. The van der Waals surface area contributed by atoms with Gasteiger partial charge in [-0.15, -0.1) is 0 Å². The first-order valence-corrected chi connectivity index (χ1v) is 6.76. The number of nitrogens with zero attached hydrogens (tertiary/aromatic N) is 4. The van der Waals surface area contributed by atoms with Gasteiger partial charge in [-0.2, -0.15) is 4.98 Å². The second-order valence-electron chi connectivity index (χ2n) is 5.07. The van der Waals surface area contributed by atoms with E-state index in [9.17, 15) is 10.2 Å². The van der Waals surface area contributed by atoms with Crippen LogP contribution in [0.4, 0.5) is 0 Å². The van der Waals surface area contributed by atoms with Crippen LogP contribution in [0.15, 0.2) is 10.7 Å². The summed E-state index contributed by atoms with van der Waals surface area (Å²) in [6.45, 7) is 4.58. The Kier molecular flexibility index (Phi) is 4.87. The lowest BCUT2D eigenvalue weighted by atomic mass is 10.1. The Labute approximate surface area is 123 Å². The number of aromatic hydroxyl groups is 1. The molecule has 114 valence electrons. The van der Waals surface area contributed by atoms with Gasteiger partial charge in [0.05, 0.1) is 12.3 Å². The molecule has 7 nitrogen and oxygen atoms in total. The summed E-state index contributed by atoms with van der Waals surface area (Å²) in [5, 5.41) is 23.3. The molecule has 2 aromatic heterocycles. The molecule has 0 aliphatic heterocycles. The van der Waals surface area contributed by atoms with E-state index in [1.165, 1.54) is 0 Å². The van der Waals surface area contributed by atoms with Crippen molar-refractivity contribution in [1.29, 1.82) is 0 Å². The Bertz CT molecular complexity index is 612. The van der Waals surface area contributed by atoms with Crippen molar-refractivity contribution in [2.75, 3.05) is 13.6 Å². The Balaban J connectivity index is 2.02. The number of pyridine rings is 1. The monoisotopic (exact) mass is 292 g/mol. The Morgan fingerprint density at radius 3 is 2.71 bits per heavy atom. The molecule has 7 heteroatoms. The summed E-state index contributed by atoms with van der Waals surface area (Å²) in [5.41, 5.74) is 1.90. The van der Waals surface area contributed by atoms with Crippen molar-refractivity contribution in [2.45, 2.75) is 33.4 Å². The van der Waals surface area contributed by atoms with Crippen LogP contribution in [0, 0.1) is 13.8 Å². The Morgan fingerprint density at radius 2 is 2.10 bits per heavy atom. The number of aliphatic hydroxyl groups excluding tert-OH is 1. The zero-order chi connectivity index (χ0) is 15.4. The maximum absolute atomic E-state index is 10.1. The molecule has 0 bridgehead atoms. The van der Waals surface area contributed by atoms with Crippen molar-refractivity contribution in [3.05, 3.63) is 34.7 Å². The summed E-state index contributed by atoms with van der Waals surface area (Å²) in [6, 6.07) is 0. The van der Waals surface area contributed by atoms with Crippen LogP contribution in [-0.4, -0.2) is 43.8 Å². The Hall–Kier alpha value is -1.99. The molecular formula is C14H20N4O3. The molecule has 0 unspecified atom stereocenters. The van der Waals surface area contributed by atoms with Gasteiger partial charge in [-0.1, -0.05) is 5.16 Å². The van der Waals surface area contributed by atoms with Gasteiger partial charge in [0.15, 0.2) is 5.82 Å². The first kappa shape index (κ1) is 15.4. The summed E-state index contributed by atoms with van der Waals surface area (Å²) in [5.74, 6) is 1.36. The number of aryl methyl sites for hydroxylation is 2. The van der Waals surface area contributed by atoms with E-state index in [4.69, 9.17) is 4.52 Å². The normalized spacial score (nSPS) is 11.3. The van der Waals surface area contributed by atoms with E-state index in [1.807, 2.05) is 11.9 Å². The fraction of sp³-hybridized carbons (Fsp3) is 0.500. The lowest BCUT2D eigenvalue weighted by molar-refractivity contribution is 0.271. The van der Waals surface area contributed by atoms with Crippen LogP contribution in [0.5, 0.6) is 5.75 Å². The summed E-state index contributed by atoms with van der Waals surface area (Å²) >= 11 is 0. The maximum atomic E-state index is 10.1. The molecule has 0 saturated heterocycles. The molecule has 2 N–H and O–H groups in total. The van der Waals surface area contributed by atoms with Crippen LogP contribution in [0.1, 0.15) is 28.5 Å². The highest BCUT2D eigenvalue weighted by Gasteiger charge is 2.14. The van der Waals surface area contributed by atoms with Crippen LogP contribution < -0.4 is 0 Å². The van der Waals surface area contributed by atoms with Crippen molar-refractivity contribution in [3.8, 4) is 5.75 Å². The maximum Gasteiger partial charge on any atom is 0.223 e. The molecule has 0 atom stereocenters. The van der Waals surface area contributed by atoms with Gasteiger partial charge in [0.1, 0.15) is 5.75 Å². The van der Waals surface area contributed by atoms with E-state index in [0.29, 0.717) is 48.0 Å². The van der Waals surface area contributed by atoms with Gasteiger partial charge in [-0.25, -0.2) is 0 Å². The van der Waals surface area contributed by atoms with Crippen molar-refractivity contribution in [3.63, 3.8) is 0 Å². The van der Waals surface area contributed by atoms with Gasteiger partial charge in [0.25, 0.3) is 0 Å². The lowest BCUT2D eigenvalue weighted by Crippen LogP contribution is -2.22. The predicted octanol–water partition coefficient (Wildman–Crippen LogP) is 0.954. The smallest absolute Gasteiger partial charge is 0.223 e. The average molecular weight is 292 g/mol. The van der Waals surface area contributed by atoms with E-state index in [1.54, 1.807) is 20.0 Å². The minimum absolute atomic E-state index is 0.142. The molecular weight excluding hydrogens is 272 g/mol. The van der Waals surface area contributed by atoms with Crippen LogP contribution in [-0.2, 0) is 19.6 Å². The Morgan fingerprint density at radius 1 is 1.33 bits per heavy atom. The van der Waals surface area contributed by atoms with Crippen LogP contribution >= 0.6 is 0 Å². The molecule has 0 radical (unpaired) electrons. The summed E-state index contributed by atoms with van der Waals surface area (Å²) in [6.07, 6.45) is 2.26. The van der Waals surface area contributed by atoms with Gasteiger partial charge in [-0.3, -0.25) is 4.98 Å². The van der Waals surface area contributed by atoms with E-state index in [0.717, 1.165) is 0 Å². The number of rotatable bonds is 6. The molecule has 0 fully saturated rings. The molecule has 0 aromatic carbocycles. The summed E-state index contributed by atoms with van der Waals surface area (Å²) < 4.78 is 4.93. The molecule has 0 aliphatic rings. The SMILES string of the molecule is Cc1nc(CCN(C)Cc2c(CO)cnc(C)c2O)no1. The summed E-state index contributed by atoms with van der Waals surface area (Å²) in [4.78, 5) is 10.2. The number of hydrogen-bond donors (Lipinski definition) is 2.